The van der Waals surface area contributed by atoms with E-state index in [2.05, 4.69) is 27.3 Å². The molecule has 7 heteroatoms. The van der Waals surface area contributed by atoms with Crippen molar-refractivity contribution in [2.24, 2.45) is 0 Å². The van der Waals surface area contributed by atoms with Gasteiger partial charge in [-0.15, -0.1) is 0 Å². The van der Waals surface area contributed by atoms with Gasteiger partial charge in [-0.2, -0.15) is 21.8 Å². The van der Waals surface area contributed by atoms with Crippen LogP contribution in [0.25, 0.3) is 11.6 Å². The van der Waals surface area contributed by atoms with Gasteiger partial charge in [-0.05, 0) is 5.75 Å². The number of nitrogens with one attached hydrogen (secondary N) is 1. The Morgan fingerprint density at radius 3 is 3.13 bits per heavy atom. The number of nitrogens with two attached hydrogens (primary N) is 1. The first-order chi connectivity index (χ1) is 7.29. The predicted molar refractivity (Wildman–Crippen MR) is 58.1 cm³/mol. The van der Waals surface area contributed by atoms with Gasteiger partial charge in [0.2, 0.25) is 0 Å². The molecule has 0 saturated heterocycles. The maximum absolute atomic E-state index is 5.47. The molecule has 0 unspecified atom stereocenters. The van der Waals surface area contributed by atoms with Crippen molar-refractivity contribution in [1.82, 2.24) is 20.3 Å². The summed E-state index contributed by atoms with van der Waals surface area (Å²) >= 11 is 1.74. The summed E-state index contributed by atoms with van der Waals surface area (Å²) in [7, 11) is 0. The minimum absolute atomic E-state index is 0.410. The fourth-order valence-corrected chi connectivity index (χ4v) is 1.57. The Morgan fingerprint density at radius 1 is 1.60 bits per heavy atom. The van der Waals surface area contributed by atoms with Gasteiger partial charge >= 0.3 is 0 Å². The molecule has 0 aromatic carbocycles. The molecule has 80 valence electrons. The normalized spacial score (nSPS) is 10.7. The van der Waals surface area contributed by atoms with E-state index in [1.165, 1.54) is 0 Å². The van der Waals surface area contributed by atoms with Crippen molar-refractivity contribution in [3.63, 3.8) is 0 Å². The second-order valence-electron chi connectivity index (χ2n) is 2.86. The number of anilines is 1. The lowest BCUT2D eigenvalue weighted by molar-refractivity contribution is 0.424. The van der Waals surface area contributed by atoms with Gasteiger partial charge in [-0.3, -0.25) is 5.10 Å². The van der Waals surface area contributed by atoms with E-state index in [1.807, 2.05) is 0 Å². The highest BCUT2D eigenvalue weighted by atomic mass is 32.2. The number of H-pyrrole nitrogens is 1. The summed E-state index contributed by atoms with van der Waals surface area (Å²) in [5, 5.41) is 10.3. The monoisotopic (exact) mass is 225 g/mol. The molecular weight excluding hydrogens is 214 g/mol. The topological polar surface area (TPSA) is 93.6 Å². The van der Waals surface area contributed by atoms with E-state index >= 15 is 0 Å². The van der Waals surface area contributed by atoms with Gasteiger partial charge < -0.3 is 10.3 Å². The van der Waals surface area contributed by atoms with Crippen LogP contribution < -0.4 is 5.73 Å². The van der Waals surface area contributed by atoms with Crippen molar-refractivity contribution in [3.8, 4) is 11.6 Å². The number of thioether (sulfide) groups is 1. The Bertz CT molecular complexity index is 438. The summed E-state index contributed by atoms with van der Waals surface area (Å²) in [4.78, 5) is 4.21. The van der Waals surface area contributed by atoms with E-state index in [9.17, 15) is 0 Å². The fourth-order valence-electron chi connectivity index (χ4n) is 1.06. The van der Waals surface area contributed by atoms with E-state index < -0.39 is 0 Å². The third kappa shape index (κ3) is 2.30. The maximum Gasteiger partial charge on any atom is 0.276 e. The first kappa shape index (κ1) is 10.0. The highest BCUT2D eigenvalue weighted by molar-refractivity contribution is 7.98. The zero-order valence-corrected chi connectivity index (χ0v) is 9.04. The Labute approximate surface area is 90.6 Å². The van der Waals surface area contributed by atoms with Crippen molar-refractivity contribution < 1.29 is 4.52 Å². The minimum Gasteiger partial charge on any atom is -0.382 e. The molecule has 2 rings (SSSR count). The SMILES string of the molecule is CCSCc1noc(-c2cc(N)n[nH]2)n1. The van der Waals surface area contributed by atoms with Gasteiger partial charge in [-0.1, -0.05) is 12.1 Å². The minimum atomic E-state index is 0.410. The first-order valence-corrected chi connectivity index (χ1v) is 5.66. The number of nitrogens with zero attached hydrogens (tertiary/aromatic N) is 3. The van der Waals surface area contributed by atoms with Crippen molar-refractivity contribution in [1.29, 1.82) is 0 Å². The molecule has 0 aliphatic rings. The molecule has 0 atom stereocenters. The van der Waals surface area contributed by atoms with Crippen LogP contribution in [-0.2, 0) is 5.75 Å². The zero-order valence-electron chi connectivity index (χ0n) is 8.23. The van der Waals surface area contributed by atoms with Crippen LogP contribution in [0.2, 0.25) is 0 Å². The second-order valence-corrected chi connectivity index (χ2v) is 4.13. The van der Waals surface area contributed by atoms with Crippen LogP contribution in [0.15, 0.2) is 10.6 Å². The smallest absolute Gasteiger partial charge is 0.276 e. The van der Waals surface area contributed by atoms with Crippen LogP contribution >= 0.6 is 11.8 Å². The Balaban J connectivity index is 2.13. The van der Waals surface area contributed by atoms with Gasteiger partial charge in [0.1, 0.15) is 11.5 Å². The molecule has 2 aromatic heterocycles. The molecular formula is C8H11N5OS. The zero-order chi connectivity index (χ0) is 10.7. The molecule has 2 aromatic rings. The number of aromatic nitrogens is 4. The molecule has 0 saturated carbocycles. The molecule has 0 spiro atoms. The van der Waals surface area contributed by atoms with Crippen LogP contribution in [-0.4, -0.2) is 26.1 Å². The van der Waals surface area contributed by atoms with Crippen molar-refractivity contribution in [2.75, 3.05) is 11.5 Å². The van der Waals surface area contributed by atoms with Crippen LogP contribution in [0.3, 0.4) is 0 Å². The van der Waals surface area contributed by atoms with Crippen LogP contribution in [0.4, 0.5) is 5.82 Å². The Morgan fingerprint density at radius 2 is 2.47 bits per heavy atom. The molecule has 2 heterocycles. The van der Waals surface area contributed by atoms with Crippen molar-refractivity contribution >= 4 is 17.6 Å². The lowest BCUT2D eigenvalue weighted by Crippen LogP contribution is -1.84. The molecule has 3 N–H and O–H groups in total. The van der Waals surface area contributed by atoms with Crippen molar-refractivity contribution in [2.45, 2.75) is 12.7 Å². The average molecular weight is 225 g/mol. The van der Waals surface area contributed by atoms with E-state index in [4.69, 9.17) is 10.3 Å². The van der Waals surface area contributed by atoms with Crippen LogP contribution in [0.5, 0.6) is 0 Å². The number of hydrogen-bond acceptors (Lipinski definition) is 6. The number of aromatic amines is 1. The van der Waals surface area contributed by atoms with E-state index in [1.54, 1.807) is 17.8 Å². The van der Waals surface area contributed by atoms with E-state index in [-0.39, 0.29) is 0 Å². The lowest BCUT2D eigenvalue weighted by atomic mass is 10.4. The lowest BCUT2D eigenvalue weighted by Gasteiger charge is -1.88. The molecule has 0 bridgehead atoms. The van der Waals surface area contributed by atoms with Gasteiger partial charge in [0.15, 0.2) is 5.82 Å². The van der Waals surface area contributed by atoms with E-state index in [0.717, 1.165) is 11.5 Å². The van der Waals surface area contributed by atoms with Gasteiger partial charge in [0.25, 0.3) is 5.89 Å². The maximum atomic E-state index is 5.47. The summed E-state index contributed by atoms with van der Waals surface area (Å²) in [6, 6.07) is 1.66. The Hall–Kier alpha value is -1.50. The number of nitrogen functional groups attached to an aromatic ring is 1. The molecule has 0 aliphatic carbocycles. The second kappa shape index (κ2) is 4.35. The summed E-state index contributed by atoms with van der Waals surface area (Å²) in [5.74, 6) is 3.30. The summed E-state index contributed by atoms with van der Waals surface area (Å²) in [6.45, 7) is 2.08. The molecule has 0 aliphatic heterocycles. The molecule has 6 nitrogen and oxygen atoms in total. The Kier molecular flexibility index (Phi) is 2.91. The van der Waals surface area contributed by atoms with Crippen molar-refractivity contribution in [3.05, 3.63) is 11.9 Å². The first-order valence-electron chi connectivity index (χ1n) is 4.51. The summed E-state index contributed by atoms with van der Waals surface area (Å²) in [6.07, 6.45) is 0. The third-order valence-electron chi connectivity index (χ3n) is 1.73. The third-order valence-corrected chi connectivity index (χ3v) is 2.60. The van der Waals surface area contributed by atoms with Gasteiger partial charge in [-0.25, -0.2) is 0 Å². The molecule has 0 fully saturated rings. The number of rotatable bonds is 4. The molecule has 0 amide bonds. The highest BCUT2D eigenvalue weighted by Crippen LogP contribution is 2.17. The summed E-state index contributed by atoms with van der Waals surface area (Å²) in [5.41, 5.74) is 6.11. The molecule has 0 radical (unpaired) electrons. The number of hydrogen-bond donors (Lipinski definition) is 2. The fraction of sp³-hybridized carbons (Fsp3) is 0.375. The average Bonchev–Trinajstić information content (AvgIpc) is 2.83. The van der Waals surface area contributed by atoms with Gasteiger partial charge in [0.05, 0.1) is 5.75 Å². The summed E-state index contributed by atoms with van der Waals surface area (Å²) < 4.78 is 5.06. The standard InChI is InChI=1S/C8H11N5OS/c1-2-15-4-7-10-8(14-13-7)5-3-6(9)12-11-5/h3H,2,4H2,1H3,(H3,9,11,12). The largest absolute Gasteiger partial charge is 0.382 e. The van der Waals surface area contributed by atoms with Crippen LogP contribution in [0.1, 0.15) is 12.7 Å². The van der Waals surface area contributed by atoms with Crippen LogP contribution in [0, 0.1) is 0 Å². The quantitative estimate of drug-likeness (QED) is 0.814. The van der Waals surface area contributed by atoms with Gasteiger partial charge in [0, 0.05) is 6.07 Å². The predicted octanol–water partition coefficient (Wildman–Crippen LogP) is 1.29. The highest BCUT2D eigenvalue weighted by Gasteiger charge is 2.10. The van der Waals surface area contributed by atoms with E-state index in [0.29, 0.717) is 23.2 Å². The molecule has 15 heavy (non-hydrogen) atoms.